The molecular weight excluding hydrogens is 360 g/mol. The zero-order chi connectivity index (χ0) is 19.2. The van der Waals surface area contributed by atoms with Crippen molar-refractivity contribution in [3.05, 3.63) is 70.4 Å². The molecule has 5 nitrogen and oxygen atoms in total. The molecule has 0 aliphatic carbocycles. The van der Waals surface area contributed by atoms with Crippen LogP contribution in [0.15, 0.2) is 48.5 Å². The van der Waals surface area contributed by atoms with E-state index in [9.17, 15) is 0 Å². The van der Waals surface area contributed by atoms with Crippen molar-refractivity contribution in [3.8, 4) is 5.75 Å². The molecule has 0 atom stereocenters. The SMILES string of the molecule is COc1ccccc1CCNc1nc(C)cc(Nc2cc(Cl)ccc2C)n1. The highest BCUT2D eigenvalue weighted by Gasteiger charge is 2.06. The molecule has 0 aliphatic rings. The number of hydrogen-bond donors (Lipinski definition) is 2. The van der Waals surface area contributed by atoms with Crippen LogP contribution in [0.5, 0.6) is 5.75 Å². The van der Waals surface area contributed by atoms with Crippen LogP contribution in [0, 0.1) is 13.8 Å². The maximum Gasteiger partial charge on any atom is 0.224 e. The Hall–Kier alpha value is -2.79. The van der Waals surface area contributed by atoms with Crippen molar-refractivity contribution in [1.82, 2.24) is 9.97 Å². The summed E-state index contributed by atoms with van der Waals surface area (Å²) in [5, 5.41) is 7.30. The van der Waals surface area contributed by atoms with Gasteiger partial charge in [0.1, 0.15) is 11.6 Å². The van der Waals surface area contributed by atoms with Gasteiger partial charge in [-0.1, -0.05) is 35.9 Å². The predicted molar refractivity (Wildman–Crippen MR) is 111 cm³/mol. The Balaban J connectivity index is 1.69. The van der Waals surface area contributed by atoms with Gasteiger partial charge in [0.05, 0.1) is 7.11 Å². The fraction of sp³-hybridized carbons (Fsp3) is 0.238. The van der Waals surface area contributed by atoms with Crippen LogP contribution in [-0.2, 0) is 6.42 Å². The van der Waals surface area contributed by atoms with E-state index in [0.717, 1.165) is 40.5 Å². The molecule has 0 unspecified atom stereocenters. The van der Waals surface area contributed by atoms with Crippen molar-refractivity contribution in [2.24, 2.45) is 0 Å². The van der Waals surface area contributed by atoms with E-state index in [2.05, 4.69) is 26.7 Å². The summed E-state index contributed by atoms with van der Waals surface area (Å²) < 4.78 is 5.39. The number of aromatic nitrogens is 2. The topological polar surface area (TPSA) is 59.1 Å². The minimum Gasteiger partial charge on any atom is -0.496 e. The normalized spacial score (nSPS) is 10.5. The number of para-hydroxylation sites is 1. The second-order valence-corrected chi connectivity index (χ2v) is 6.73. The third-order valence-corrected chi connectivity index (χ3v) is 4.42. The largest absolute Gasteiger partial charge is 0.496 e. The van der Waals surface area contributed by atoms with Gasteiger partial charge in [0.2, 0.25) is 5.95 Å². The van der Waals surface area contributed by atoms with Gasteiger partial charge in [-0.25, -0.2) is 4.98 Å². The molecule has 0 radical (unpaired) electrons. The van der Waals surface area contributed by atoms with Gasteiger partial charge in [-0.2, -0.15) is 4.98 Å². The van der Waals surface area contributed by atoms with Crippen LogP contribution in [0.3, 0.4) is 0 Å². The molecule has 140 valence electrons. The van der Waals surface area contributed by atoms with Crippen molar-refractivity contribution in [3.63, 3.8) is 0 Å². The Kier molecular flexibility index (Phi) is 6.14. The van der Waals surface area contributed by atoms with Gasteiger partial charge >= 0.3 is 0 Å². The molecule has 0 saturated carbocycles. The van der Waals surface area contributed by atoms with Crippen LogP contribution in [0.2, 0.25) is 5.02 Å². The lowest BCUT2D eigenvalue weighted by atomic mass is 10.1. The Morgan fingerprint density at radius 1 is 1.04 bits per heavy atom. The predicted octanol–water partition coefficient (Wildman–Crippen LogP) is 5.15. The number of nitrogens with zero attached hydrogens (tertiary/aromatic N) is 2. The summed E-state index contributed by atoms with van der Waals surface area (Å²) in [6, 6.07) is 15.7. The number of hydrogen-bond acceptors (Lipinski definition) is 5. The van der Waals surface area contributed by atoms with Crippen LogP contribution in [-0.4, -0.2) is 23.6 Å². The summed E-state index contributed by atoms with van der Waals surface area (Å²) in [6.07, 6.45) is 0.817. The maximum atomic E-state index is 6.10. The Morgan fingerprint density at radius 3 is 2.67 bits per heavy atom. The summed E-state index contributed by atoms with van der Waals surface area (Å²) >= 11 is 6.10. The van der Waals surface area contributed by atoms with Gasteiger partial charge in [-0.15, -0.1) is 0 Å². The molecule has 0 amide bonds. The Morgan fingerprint density at radius 2 is 1.85 bits per heavy atom. The molecule has 0 saturated heterocycles. The average Bonchev–Trinajstić information content (AvgIpc) is 2.65. The molecule has 0 bridgehead atoms. The summed E-state index contributed by atoms with van der Waals surface area (Å²) in [5.74, 6) is 2.21. The monoisotopic (exact) mass is 382 g/mol. The van der Waals surface area contributed by atoms with E-state index < -0.39 is 0 Å². The number of halogens is 1. The van der Waals surface area contributed by atoms with E-state index in [1.54, 1.807) is 7.11 Å². The van der Waals surface area contributed by atoms with Crippen molar-refractivity contribution in [1.29, 1.82) is 0 Å². The van der Waals surface area contributed by atoms with Crippen LogP contribution in [0.4, 0.5) is 17.5 Å². The molecular formula is C21H23ClN4O. The van der Waals surface area contributed by atoms with E-state index in [4.69, 9.17) is 16.3 Å². The third kappa shape index (κ3) is 5.11. The van der Waals surface area contributed by atoms with Gasteiger partial charge in [-0.3, -0.25) is 0 Å². The number of ether oxygens (including phenoxy) is 1. The molecule has 0 aliphatic heterocycles. The van der Waals surface area contributed by atoms with Gasteiger partial charge in [-0.05, 0) is 49.6 Å². The highest BCUT2D eigenvalue weighted by molar-refractivity contribution is 6.30. The minimum absolute atomic E-state index is 0.590. The molecule has 27 heavy (non-hydrogen) atoms. The molecule has 2 N–H and O–H groups in total. The van der Waals surface area contributed by atoms with Crippen LogP contribution < -0.4 is 15.4 Å². The number of benzene rings is 2. The van der Waals surface area contributed by atoms with Gasteiger partial charge in [0, 0.05) is 29.0 Å². The van der Waals surface area contributed by atoms with Crippen molar-refractivity contribution >= 4 is 29.1 Å². The number of aryl methyl sites for hydroxylation is 2. The lowest BCUT2D eigenvalue weighted by Gasteiger charge is -2.12. The molecule has 3 aromatic rings. The van der Waals surface area contributed by atoms with Gasteiger partial charge in [0.15, 0.2) is 0 Å². The van der Waals surface area contributed by atoms with Crippen LogP contribution in [0.25, 0.3) is 0 Å². The van der Waals surface area contributed by atoms with Gasteiger partial charge < -0.3 is 15.4 Å². The Bertz CT molecular complexity index is 930. The highest BCUT2D eigenvalue weighted by Crippen LogP contribution is 2.24. The second kappa shape index (κ2) is 8.73. The summed E-state index contributed by atoms with van der Waals surface area (Å²) in [7, 11) is 1.69. The molecule has 3 rings (SSSR count). The van der Waals surface area contributed by atoms with Gasteiger partial charge in [0.25, 0.3) is 0 Å². The first kappa shape index (κ1) is 19.0. The quantitative estimate of drug-likeness (QED) is 0.591. The Labute approximate surface area is 164 Å². The summed E-state index contributed by atoms with van der Waals surface area (Å²) in [5.41, 5.74) is 4.06. The second-order valence-electron chi connectivity index (χ2n) is 6.29. The zero-order valence-electron chi connectivity index (χ0n) is 15.7. The molecule has 0 fully saturated rings. The van der Waals surface area contributed by atoms with E-state index in [1.165, 1.54) is 0 Å². The molecule has 2 aromatic carbocycles. The molecule has 0 spiro atoms. The first-order chi connectivity index (χ1) is 13.0. The third-order valence-electron chi connectivity index (χ3n) is 4.19. The van der Waals surface area contributed by atoms with Crippen molar-refractivity contribution < 1.29 is 4.74 Å². The fourth-order valence-corrected chi connectivity index (χ4v) is 2.97. The molecule has 1 heterocycles. The fourth-order valence-electron chi connectivity index (χ4n) is 2.80. The number of nitrogens with one attached hydrogen (secondary N) is 2. The van der Waals surface area contributed by atoms with E-state index >= 15 is 0 Å². The highest BCUT2D eigenvalue weighted by atomic mass is 35.5. The zero-order valence-corrected chi connectivity index (χ0v) is 16.5. The summed E-state index contributed by atoms with van der Waals surface area (Å²) in [6.45, 7) is 4.68. The molecule has 6 heteroatoms. The van der Waals surface area contributed by atoms with E-state index in [1.807, 2.05) is 56.3 Å². The summed E-state index contributed by atoms with van der Waals surface area (Å²) in [4.78, 5) is 9.04. The first-order valence-electron chi connectivity index (χ1n) is 8.80. The smallest absolute Gasteiger partial charge is 0.224 e. The standard InChI is InChI=1S/C21H23ClN4O/c1-14-8-9-17(22)13-18(14)25-20-12-15(2)24-21(26-20)23-11-10-16-6-4-5-7-19(16)27-3/h4-9,12-13H,10-11H2,1-3H3,(H2,23,24,25,26). The lowest BCUT2D eigenvalue weighted by molar-refractivity contribution is 0.410. The van der Waals surface area contributed by atoms with E-state index in [0.29, 0.717) is 17.5 Å². The lowest BCUT2D eigenvalue weighted by Crippen LogP contribution is -2.10. The number of anilines is 3. The van der Waals surface area contributed by atoms with Crippen molar-refractivity contribution in [2.45, 2.75) is 20.3 Å². The van der Waals surface area contributed by atoms with E-state index in [-0.39, 0.29) is 0 Å². The molecule has 1 aromatic heterocycles. The first-order valence-corrected chi connectivity index (χ1v) is 9.17. The number of rotatable bonds is 7. The average molecular weight is 383 g/mol. The maximum absolute atomic E-state index is 6.10. The van der Waals surface area contributed by atoms with Crippen LogP contribution >= 0.6 is 11.6 Å². The number of methoxy groups -OCH3 is 1. The van der Waals surface area contributed by atoms with Crippen LogP contribution in [0.1, 0.15) is 16.8 Å². The van der Waals surface area contributed by atoms with Crippen molar-refractivity contribution in [2.75, 3.05) is 24.3 Å². The minimum atomic E-state index is 0.590.